The molecule has 5 heteroatoms. The second kappa shape index (κ2) is 4.23. The molecule has 17 heavy (non-hydrogen) atoms. The van der Waals surface area contributed by atoms with E-state index in [0.29, 0.717) is 0 Å². The van der Waals surface area contributed by atoms with Crippen molar-refractivity contribution in [2.75, 3.05) is 0 Å². The first-order valence-electron chi connectivity index (χ1n) is 5.98. The Kier molecular flexibility index (Phi) is 2.72. The largest absolute Gasteiger partial charge is 0.326 e. The summed E-state index contributed by atoms with van der Waals surface area (Å²) >= 11 is 1.36. The molecule has 0 spiro atoms. The molecule has 0 amide bonds. The Morgan fingerprint density at radius 1 is 1.41 bits per heavy atom. The third-order valence-electron chi connectivity index (χ3n) is 3.59. The Bertz CT molecular complexity index is 589. The topological polar surface area (TPSA) is 60.9 Å². The maximum absolute atomic E-state index is 12.3. The maximum Gasteiger partial charge on any atom is 0.261 e. The van der Waals surface area contributed by atoms with Crippen molar-refractivity contribution >= 4 is 21.6 Å². The van der Waals surface area contributed by atoms with E-state index in [9.17, 15) is 4.79 Å². The van der Waals surface area contributed by atoms with Crippen LogP contribution in [0.4, 0.5) is 0 Å². The van der Waals surface area contributed by atoms with Gasteiger partial charge in [0.25, 0.3) is 5.56 Å². The molecule has 2 N–H and O–H groups in total. The highest BCUT2D eigenvalue weighted by Crippen LogP contribution is 2.27. The average Bonchev–Trinajstić information content (AvgIpc) is 2.80. The summed E-state index contributed by atoms with van der Waals surface area (Å²) in [5.74, 6) is 0. The summed E-state index contributed by atoms with van der Waals surface area (Å²) in [5.41, 5.74) is 6.18. The Balaban J connectivity index is 2.10. The van der Waals surface area contributed by atoms with Gasteiger partial charge in [0.1, 0.15) is 0 Å². The molecule has 0 saturated heterocycles. The fourth-order valence-corrected chi connectivity index (χ4v) is 3.26. The number of rotatable bonds is 1. The number of aromatic nitrogens is 2. The van der Waals surface area contributed by atoms with Crippen molar-refractivity contribution in [1.82, 2.24) is 8.94 Å². The summed E-state index contributed by atoms with van der Waals surface area (Å²) in [6.07, 6.45) is 7.88. The molecule has 2 aromatic rings. The number of nitrogens with two attached hydrogens (primary N) is 1. The SMILES string of the molecule is NC1CCCCC1n1ccc2sncc2c1=O. The first-order chi connectivity index (χ1) is 8.27. The Morgan fingerprint density at radius 2 is 2.24 bits per heavy atom. The van der Waals surface area contributed by atoms with Gasteiger partial charge in [0.05, 0.1) is 22.3 Å². The zero-order valence-corrected chi connectivity index (χ0v) is 10.3. The minimum absolute atomic E-state index is 0.0543. The highest BCUT2D eigenvalue weighted by Gasteiger charge is 2.24. The molecule has 2 atom stereocenters. The van der Waals surface area contributed by atoms with E-state index in [-0.39, 0.29) is 17.6 Å². The second-order valence-corrected chi connectivity index (χ2v) is 5.48. The van der Waals surface area contributed by atoms with Crippen LogP contribution in [-0.2, 0) is 0 Å². The first kappa shape index (κ1) is 10.9. The second-order valence-electron chi connectivity index (χ2n) is 4.65. The van der Waals surface area contributed by atoms with Crippen molar-refractivity contribution in [2.24, 2.45) is 5.73 Å². The smallest absolute Gasteiger partial charge is 0.261 e. The molecule has 2 aromatic heterocycles. The van der Waals surface area contributed by atoms with Gasteiger partial charge in [-0.3, -0.25) is 4.79 Å². The summed E-state index contributed by atoms with van der Waals surface area (Å²) in [6, 6.07) is 2.22. The van der Waals surface area contributed by atoms with Crippen molar-refractivity contribution in [2.45, 2.75) is 37.8 Å². The van der Waals surface area contributed by atoms with Gasteiger partial charge in [0, 0.05) is 12.2 Å². The minimum atomic E-state index is 0.0543. The van der Waals surface area contributed by atoms with Crippen molar-refractivity contribution < 1.29 is 0 Å². The lowest BCUT2D eigenvalue weighted by Gasteiger charge is -2.30. The molecule has 0 aromatic carbocycles. The van der Waals surface area contributed by atoms with Crippen molar-refractivity contribution in [3.63, 3.8) is 0 Å². The summed E-state index contributed by atoms with van der Waals surface area (Å²) in [6.45, 7) is 0. The van der Waals surface area contributed by atoms with Gasteiger partial charge in [-0.25, -0.2) is 0 Å². The summed E-state index contributed by atoms with van der Waals surface area (Å²) in [5, 5.41) is 0.718. The van der Waals surface area contributed by atoms with E-state index in [0.717, 1.165) is 29.3 Å². The van der Waals surface area contributed by atoms with Crippen LogP contribution in [0.15, 0.2) is 23.3 Å². The lowest BCUT2D eigenvalue weighted by molar-refractivity contribution is 0.301. The molecule has 90 valence electrons. The van der Waals surface area contributed by atoms with Gasteiger partial charge in [-0.15, -0.1) is 0 Å². The van der Waals surface area contributed by atoms with E-state index >= 15 is 0 Å². The quantitative estimate of drug-likeness (QED) is 0.839. The molecule has 2 heterocycles. The van der Waals surface area contributed by atoms with Crippen LogP contribution in [0.25, 0.3) is 10.1 Å². The zero-order valence-electron chi connectivity index (χ0n) is 9.50. The van der Waals surface area contributed by atoms with Gasteiger partial charge in [-0.1, -0.05) is 12.8 Å². The molecule has 0 aliphatic heterocycles. The van der Waals surface area contributed by atoms with E-state index in [1.165, 1.54) is 18.0 Å². The number of fused-ring (bicyclic) bond motifs is 1. The Morgan fingerprint density at radius 3 is 3.06 bits per heavy atom. The highest BCUT2D eigenvalue weighted by molar-refractivity contribution is 7.13. The molecular formula is C12H15N3OS. The third-order valence-corrected chi connectivity index (χ3v) is 4.35. The van der Waals surface area contributed by atoms with Gasteiger partial charge in [-0.05, 0) is 30.4 Å². The van der Waals surface area contributed by atoms with Gasteiger partial charge < -0.3 is 10.3 Å². The van der Waals surface area contributed by atoms with E-state index in [1.807, 2.05) is 12.3 Å². The standard InChI is InChI=1S/C12H15N3OS/c13-9-3-1-2-4-10(9)15-6-5-11-8(12(15)16)7-14-17-11/h5-7,9-10H,1-4,13H2. The third kappa shape index (κ3) is 1.79. The van der Waals surface area contributed by atoms with Gasteiger partial charge >= 0.3 is 0 Å². The van der Waals surface area contributed by atoms with Crippen LogP contribution < -0.4 is 11.3 Å². The fourth-order valence-electron chi connectivity index (χ4n) is 2.63. The lowest BCUT2D eigenvalue weighted by Crippen LogP contribution is -2.39. The van der Waals surface area contributed by atoms with Gasteiger partial charge in [-0.2, -0.15) is 4.37 Å². The minimum Gasteiger partial charge on any atom is -0.326 e. The van der Waals surface area contributed by atoms with E-state index in [4.69, 9.17) is 5.73 Å². The van der Waals surface area contributed by atoms with Gasteiger partial charge in [0.15, 0.2) is 0 Å². The number of hydrogen-bond donors (Lipinski definition) is 1. The monoisotopic (exact) mass is 249 g/mol. The molecule has 1 aliphatic rings. The van der Waals surface area contributed by atoms with Crippen LogP contribution in [0.5, 0.6) is 0 Å². The Labute approximate surface area is 103 Å². The summed E-state index contributed by atoms with van der Waals surface area (Å²) in [4.78, 5) is 12.3. The fraction of sp³-hybridized carbons (Fsp3) is 0.500. The van der Waals surface area contributed by atoms with Crippen molar-refractivity contribution in [3.8, 4) is 0 Å². The van der Waals surface area contributed by atoms with E-state index < -0.39 is 0 Å². The van der Waals surface area contributed by atoms with Crippen LogP contribution in [0.1, 0.15) is 31.7 Å². The van der Waals surface area contributed by atoms with Crippen molar-refractivity contribution in [1.29, 1.82) is 0 Å². The highest BCUT2D eigenvalue weighted by atomic mass is 32.1. The maximum atomic E-state index is 12.3. The van der Waals surface area contributed by atoms with Crippen LogP contribution >= 0.6 is 11.5 Å². The molecule has 0 radical (unpaired) electrons. The molecule has 3 rings (SSSR count). The zero-order chi connectivity index (χ0) is 11.8. The molecule has 4 nitrogen and oxygen atoms in total. The summed E-state index contributed by atoms with van der Waals surface area (Å²) < 4.78 is 6.82. The summed E-state index contributed by atoms with van der Waals surface area (Å²) in [7, 11) is 0. The number of nitrogens with zero attached hydrogens (tertiary/aromatic N) is 2. The average molecular weight is 249 g/mol. The van der Waals surface area contributed by atoms with Crippen molar-refractivity contribution in [3.05, 3.63) is 28.8 Å². The number of pyridine rings is 1. The first-order valence-corrected chi connectivity index (χ1v) is 6.76. The van der Waals surface area contributed by atoms with Crippen LogP contribution in [0, 0.1) is 0 Å². The molecule has 1 saturated carbocycles. The Hall–Kier alpha value is -1.20. The predicted molar refractivity (Wildman–Crippen MR) is 69.4 cm³/mol. The van der Waals surface area contributed by atoms with Crippen LogP contribution in [0.3, 0.4) is 0 Å². The predicted octanol–water partition coefficient (Wildman–Crippen LogP) is 1.90. The van der Waals surface area contributed by atoms with Crippen LogP contribution in [0.2, 0.25) is 0 Å². The molecule has 1 aliphatic carbocycles. The molecule has 2 unspecified atom stereocenters. The molecule has 0 bridgehead atoms. The normalized spacial score (nSPS) is 25.2. The molecular weight excluding hydrogens is 234 g/mol. The lowest BCUT2D eigenvalue weighted by atomic mass is 9.90. The van der Waals surface area contributed by atoms with E-state index in [1.54, 1.807) is 10.8 Å². The van der Waals surface area contributed by atoms with E-state index in [2.05, 4.69) is 4.37 Å². The number of hydrogen-bond acceptors (Lipinski definition) is 4. The van der Waals surface area contributed by atoms with Crippen LogP contribution in [-0.4, -0.2) is 15.0 Å². The van der Waals surface area contributed by atoms with Gasteiger partial charge in [0.2, 0.25) is 0 Å². The molecule has 1 fully saturated rings.